The first-order chi connectivity index (χ1) is 12.4. The van der Waals surface area contributed by atoms with E-state index in [-0.39, 0.29) is 34.8 Å². The minimum Gasteiger partial charge on any atom is -0.487 e. The molecule has 0 spiro atoms. The lowest BCUT2D eigenvalue weighted by Crippen LogP contribution is -2.11. The molecule has 1 aromatic carbocycles. The van der Waals surface area contributed by atoms with Gasteiger partial charge in [0.1, 0.15) is 18.6 Å². The number of esters is 1. The van der Waals surface area contributed by atoms with Gasteiger partial charge in [0.05, 0.1) is 17.1 Å². The highest BCUT2D eigenvalue weighted by Gasteiger charge is 2.12. The van der Waals surface area contributed by atoms with E-state index in [4.69, 9.17) is 13.9 Å². The Bertz CT molecular complexity index is 824. The number of hydrogen-bond acceptors (Lipinski definition) is 7. The fourth-order valence-electron chi connectivity index (χ4n) is 1.96. The molecule has 0 aliphatic heterocycles. The first kappa shape index (κ1) is 19.2. The van der Waals surface area contributed by atoms with Crippen LogP contribution in [0, 0.1) is 16.0 Å². The van der Waals surface area contributed by atoms with Gasteiger partial charge < -0.3 is 13.9 Å². The molecule has 26 heavy (non-hydrogen) atoms. The molecule has 8 nitrogen and oxygen atoms in total. The molecular weight excluding hydrogens is 342 g/mol. The van der Waals surface area contributed by atoms with Crippen molar-refractivity contribution in [2.45, 2.75) is 26.9 Å². The molecule has 0 radical (unpaired) electrons. The summed E-state index contributed by atoms with van der Waals surface area (Å²) in [6, 6.07) is 6.21. The third kappa shape index (κ3) is 5.44. The zero-order chi connectivity index (χ0) is 19.1. The molecule has 0 N–H and O–H groups in total. The fourth-order valence-corrected chi connectivity index (χ4v) is 1.96. The van der Waals surface area contributed by atoms with Crippen LogP contribution in [0.2, 0.25) is 0 Å². The van der Waals surface area contributed by atoms with Gasteiger partial charge in [0.25, 0.3) is 5.69 Å². The van der Waals surface area contributed by atoms with Gasteiger partial charge in [-0.25, -0.2) is 4.79 Å². The van der Waals surface area contributed by atoms with Crippen molar-refractivity contribution >= 4 is 11.7 Å². The first-order valence-electron chi connectivity index (χ1n) is 8.03. The molecule has 2 aromatic rings. The number of nitrogens with zero attached hydrogens (tertiary/aromatic N) is 1. The van der Waals surface area contributed by atoms with E-state index in [1.165, 1.54) is 36.6 Å². The molecule has 8 heteroatoms. The van der Waals surface area contributed by atoms with Gasteiger partial charge in [-0.1, -0.05) is 13.8 Å². The molecule has 1 aromatic heterocycles. The molecular formula is C18H19NO7. The van der Waals surface area contributed by atoms with Crippen LogP contribution in [0.25, 0.3) is 0 Å². The van der Waals surface area contributed by atoms with E-state index in [1.807, 2.05) is 13.8 Å². The molecule has 0 amide bonds. The minimum atomic E-state index is -0.681. The summed E-state index contributed by atoms with van der Waals surface area (Å²) in [6.45, 7) is 4.27. The summed E-state index contributed by atoms with van der Waals surface area (Å²) in [7, 11) is 0. The van der Waals surface area contributed by atoms with Crippen LogP contribution in [-0.2, 0) is 11.3 Å². The van der Waals surface area contributed by atoms with E-state index in [0.717, 1.165) is 6.42 Å². The Morgan fingerprint density at radius 2 is 1.96 bits per heavy atom. The summed E-state index contributed by atoms with van der Waals surface area (Å²) < 4.78 is 15.6. The van der Waals surface area contributed by atoms with Crippen LogP contribution in [-0.4, -0.2) is 17.5 Å². The highest BCUT2D eigenvalue weighted by molar-refractivity contribution is 5.89. The summed E-state index contributed by atoms with van der Waals surface area (Å²) in [5.74, 6) is 0.0533. The van der Waals surface area contributed by atoms with Crippen LogP contribution in [0.3, 0.4) is 0 Å². The van der Waals surface area contributed by atoms with E-state index in [1.54, 1.807) is 0 Å². The van der Waals surface area contributed by atoms with Crippen LogP contribution in [0.15, 0.2) is 45.8 Å². The fraction of sp³-hybridized carbons (Fsp3) is 0.333. The van der Waals surface area contributed by atoms with Crippen molar-refractivity contribution < 1.29 is 23.6 Å². The monoisotopic (exact) mass is 361 g/mol. The lowest BCUT2D eigenvalue weighted by molar-refractivity contribution is -0.384. The average molecular weight is 361 g/mol. The highest BCUT2D eigenvalue weighted by Crippen LogP contribution is 2.14. The number of benzene rings is 1. The lowest BCUT2D eigenvalue weighted by atomic mass is 10.1. The molecule has 0 aliphatic carbocycles. The van der Waals surface area contributed by atoms with Gasteiger partial charge in [-0.2, -0.15) is 0 Å². The van der Waals surface area contributed by atoms with Gasteiger partial charge in [0, 0.05) is 18.2 Å². The SMILES string of the molecule is CC(C)CCOc1coc(COC(=O)c2ccc([N+](=O)[O-])cc2)cc1=O. The normalized spacial score (nSPS) is 10.6. The predicted molar refractivity (Wildman–Crippen MR) is 92.1 cm³/mol. The molecule has 138 valence electrons. The molecule has 2 rings (SSSR count). The summed E-state index contributed by atoms with van der Waals surface area (Å²) in [4.78, 5) is 33.9. The molecule has 0 fully saturated rings. The van der Waals surface area contributed by atoms with Crippen LogP contribution in [0.4, 0.5) is 5.69 Å². The van der Waals surface area contributed by atoms with Gasteiger partial charge in [-0.05, 0) is 24.5 Å². The number of rotatable bonds is 8. The Morgan fingerprint density at radius 3 is 2.54 bits per heavy atom. The number of ether oxygens (including phenoxy) is 2. The maximum absolute atomic E-state index is 11.9. The Labute approximate surface area is 149 Å². The van der Waals surface area contributed by atoms with Crippen molar-refractivity contribution in [1.82, 2.24) is 0 Å². The zero-order valence-electron chi connectivity index (χ0n) is 14.5. The molecule has 0 aliphatic rings. The van der Waals surface area contributed by atoms with Gasteiger partial charge in [0.2, 0.25) is 11.2 Å². The van der Waals surface area contributed by atoms with Gasteiger partial charge >= 0.3 is 5.97 Å². The smallest absolute Gasteiger partial charge is 0.338 e. The summed E-state index contributed by atoms with van der Waals surface area (Å²) >= 11 is 0. The number of hydrogen-bond donors (Lipinski definition) is 0. The van der Waals surface area contributed by atoms with Gasteiger partial charge in [-0.3, -0.25) is 14.9 Å². The van der Waals surface area contributed by atoms with Crippen molar-refractivity contribution in [3.8, 4) is 5.75 Å². The van der Waals surface area contributed by atoms with Crippen LogP contribution in [0.5, 0.6) is 5.75 Å². The standard InChI is InChI=1S/C18H19NO7/c1-12(2)7-8-24-17-11-25-15(9-16(17)20)10-26-18(21)13-3-5-14(6-4-13)19(22)23/h3-6,9,11-12H,7-8,10H2,1-2H3. The predicted octanol–water partition coefficient (Wildman–Crippen LogP) is 3.33. The summed E-state index contributed by atoms with van der Waals surface area (Å²) in [5.41, 5.74) is -0.325. The largest absolute Gasteiger partial charge is 0.487 e. The number of nitro groups is 1. The Kier molecular flexibility index (Phi) is 6.48. The van der Waals surface area contributed by atoms with Crippen molar-refractivity contribution in [2.75, 3.05) is 6.61 Å². The first-order valence-corrected chi connectivity index (χ1v) is 8.03. The number of non-ortho nitro benzene ring substituents is 1. The number of nitro benzene ring substituents is 1. The highest BCUT2D eigenvalue weighted by atomic mass is 16.6. The second kappa shape index (κ2) is 8.80. The van der Waals surface area contributed by atoms with Crippen LogP contribution >= 0.6 is 0 Å². The van der Waals surface area contributed by atoms with E-state index in [9.17, 15) is 19.7 Å². The molecule has 0 saturated carbocycles. The zero-order valence-corrected chi connectivity index (χ0v) is 14.5. The van der Waals surface area contributed by atoms with Gasteiger partial charge in [-0.15, -0.1) is 0 Å². The van der Waals surface area contributed by atoms with Crippen molar-refractivity contribution in [1.29, 1.82) is 0 Å². The molecule has 1 heterocycles. The van der Waals surface area contributed by atoms with Crippen molar-refractivity contribution in [3.63, 3.8) is 0 Å². The second-order valence-corrected chi connectivity index (χ2v) is 5.99. The summed E-state index contributed by atoms with van der Waals surface area (Å²) in [5, 5.41) is 10.6. The summed E-state index contributed by atoms with van der Waals surface area (Å²) in [6.07, 6.45) is 2.01. The molecule has 0 bridgehead atoms. The topological polar surface area (TPSA) is 109 Å². The maximum atomic E-state index is 11.9. The van der Waals surface area contributed by atoms with Crippen LogP contribution < -0.4 is 10.2 Å². The second-order valence-electron chi connectivity index (χ2n) is 5.99. The molecule has 0 atom stereocenters. The third-order valence-corrected chi connectivity index (χ3v) is 3.46. The maximum Gasteiger partial charge on any atom is 0.338 e. The Balaban J connectivity index is 1.92. The lowest BCUT2D eigenvalue weighted by Gasteiger charge is -2.08. The van der Waals surface area contributed by atoms with Crippen molar-refractivity contribution in [3.05, 3.63) is 68.3 Å². The average Bonchev–Trinajstić information content (AvgIpc) is 2.61. The van der Waals surface area contributed by atoms with Gasteiger partial charge in [0.15, 0.2) is 0 Å². The Morgan fingerprint density at radius 1 is 1.27 bits per heavy atom. The third-order valence-electron chi connectivity index (χ3n) is 3.46. The minimum absolute atomic E-state index is 0.107. The Hall–Kier alpha value is -3.16. The van der Waals surface area contributed by atoms with Crippen LogP contribution in [0.1, 0.15) is 36.4 Å². The van der Waals surface area contributed by atoms with Crippen molar-refractivity contribution in [2.24, 2.45) is 5.92 Å². The number of carbonyl (C=O) groups excluding carboxylic acids is 1. The van der Waals surface area contributed by atoms with E-state index in [0.29, 0.717) is 12.5 Å². The van der Waals surface area contributed by atoms with E-state index < -0.39 is 10.9 Å². The van der Waals surface area contributed by atoms with E-state index >= 15 is 0 Å². The van der Waals surface area contributed by atoms with E-state index in [2.05, 4.69) is 0 Å². The molecule has 0 saturated heterocycles. The quantitative estimate of drug-likeness (QED) is 0.403. The molecule has 0 unspecified atom stereocenters. The number of carbonyl (C=O) groups is 1.